The Morgan fingerprint density at radius 3 is 1.45 bits per heavy atom. The highest BCUT2D eigenvalue weighted by Crippen LogP contribution is 2.29. The molecule has 21 nitrogen and oxygen atoms in total. The van der Waals surface area contributed by atoms with Crippen molar-refractivity contribution < 1.29 is 40.2 Å². The minimum Gasteiger partial charge on any atom is -0.744 e. The number of nitrogens with two attached hydrogens (primary N) is 1. The smallest absolute Gasteiger partial charge is 0.295 e. The van der Waals surface area contributed by atoms with E-state index in [1.165, 1.54) is 42.5 Å². The van der Waals surface area contributed by atoms with Crippen LogP contribution in [0.4, 0.5) is 47.1 Å². The van der Waals surface area contributed by atoms with Gasteiger partial charge >= 0.3 is 0 Å². The van der Waals surface area contributed by atoms with E-state index in [1.807, 2.05) is 14.7 Å². The van der Waals surface area contributed by atoms with E-state index in [0.717, 1.165) is 6.07 Å². The normalized spacial score (nSPS) is 17.1. The summed E-state index contributed by atoms with van der Waals surface area (Å²) < 4.78 is 88.9. The summed E-state index contributed by atoms with van der Waals surface area (Å²) in [6.45, 7) is 6.32. The van der Waals surface area contributed by atoms with Gasteiger partial charge < -0.3 is 49.8 Å². The molecule has 2 aromatic carbocycles. The van der Waals surface area contributed by atoms with Crippen molar-refractivity contribution in [3.05, 3.63) is 47.5 Å². The van der Waals surface area contributed by atoms with Crippen molar-refractivity contribution in [3.8, 4) is 0 Å². The third kappa shape index (κ3) is 9.51. The molecule has 55 heavy (non-hydrogen) atoms. The molecule has 2 aromatic heterocycles. The summed E-state index contributed by atoms with van der Waals surface area (Å²) in [4.78, 5) is 31.1. The van der Waals surface area contributed by atoms with Crippen LogP contribution in [0, 0.1) is 0 Å². The lowest BCUT2D eigenvalue weighted by Gasteiger charge is -2.30. The van der Waals surface area contributed by atoms with E-state index < -0.39 is 30.0 Å². The van der Waals surface area contributed by atoms with E-state index in [1.54, 1.807) is 0 Å². The number of morpholine rings is 3. The van der Waals surface area contributed by atoms with Gasteiger partial charge in [-0.05, 0) is 35.4 Å². The predicted octanol–water partition coefficient (Wildman–Crippen LogP) is 0.957. The molecule has 0 spiro atoms. The summed E-state index contributed by atoms with van der Waals surface area (Å²) >= 11 is 0. The number of ether oxygens (including phenoxy) is 3. The van der Waals surface area contributed by atoms with Crippen molar-refractivity contribution in [2.24, 2.45) is 0 Å². The lowest BCUT2D eigenvalue weighted by atomic mass is 10.1. The van der Waals surface area contributed by atoms with Gasteiger partial charge in [-0.1, -0.05) is 24.3 Å². The first-order chi connectivity index (χ1) is 26.4. The van der Waals surface area contributed by atoms with E-state index in [4.69, 9.17) is 19.9 Å². The largest absolute Gasteiger partial charge is 0.744 e. The molecule has 0 bridgehead atoms. The second-order valence-corrected chi connectivity index (χ2v) is 15.1. The summed E-state index contributed by atoms with van der Waals surface area (Å²) in [7, 11) is -9.86. The lowest BCUT2D eigenvalue weighted by molar-refractivity contribution is 0.121. The number of anilines is 8. The highest BCUT2D eigenvalue weighted by molar-refractivity contribution is 7.86. The number of aromatic nitrogens is 6. The minimum atomic E-state index is -5.05. The molecule has 5 N–H and O–H groups in total. The number of rotatable bonds is 11. The van der Waals surface area contributed by atoms with Crippen LogP contribution in [0.5, 0.6) is 0 Å². The molecule has 0 saturated carbocycles. The number of nitrogens with zero attached hydrogens (tertiary/aromatic N) is 9. The number of benzene rings is 2. The average molecular weight is 798 g/mol. The molecule has 4 aromatic rings. The molecule has 5 heterocycles. The molecular weight excluding hydrogens is 761 g/mol. The average Bonchev–Trinajstić information content (AvgIpc) is 3.17. The minimum absolute atomic E-state index is 0.000500. The fourth-order valence-electron chi connectivity index (χ4n) is 5.94. The monoisotopic (exact) mass is 797 g/mol. The van der Waals surface area contributed by atoms with Crippen molar-refractivity contribution in [3.63, 3.8) is 0 Å². The quantitative estimate of drug-likeness (QED) is 0.121. The van der Waals surface area contributed by atoms with Crippen LogP contribution in [0.3, 0.4) is 0 Å². The summed E-state index contributed by atoms with van der Waals surface area (Å²) in [5.74, 6) is 1.21. The Morgan fingerprint density at radius 2 is 1.02 bits per heavy atom. The van der Waals surface area contributed by atoms with Crippen LogP contribution in [0.2, 0.25) is 0 Å². The van der Waals surface area contributed by atoms with Gasteiger partial charge in [0.2, 0.25) is 35.7 Å². The molecule has 23 heteroatoms. The van der Waals surface area contributed by atoms with Crippen LogP contribution in [-0.2, 0) is 34.4 Å². The SMILES string of the molecule is Nc1nc(Nc2ccc(/C=C/c3ccc(Nc4nc(N5CCOCC5)nc(N5CCOCC5)n4)cc3S(=O)(=O)O)c(S(=O)(=O)[O-])c2)nc(N2CCOCC2)n1. The highest BCUT2D eigenvalue weighted by Gasteiger charge is 2.22. The predicted molar refractivity (Wildman–Crippen MR) is 199 cm³/mol. The summed E-state index contributed by atoms with van der Waals surface area (Å²) in [6, 6.07) is 8.03. The molecule has 3 saturated heterocycles. The lowest BCUT2D eigenvalue weighted by Crippen LogP contribution is -2.40. The van der Waals surface area contributed by atoms with Gasteiger partial charge in [0.1, 0.15) is 15.0 Å². The molecule has 0 amide bonds. The number of nitrogen functional groups attached to an aromatic ring is 1. The summed E-state index contributed by atoms with van der Waals surface area (Å²) in [5.41, 5.74) is 6.23. The Labute approximate surface area is 316 Å². The third-order valence-corrected chi connectivity index (χ3v) is 10.5. The molecule has 292 valence electrons. The van der Waals surface area contributed by atoms with Gasteiger partial charge in [-0.25, -0.2) is 8.42 Å². The first-order valence-electron chi connectivity index (χ1n) is 17.1. The van der Waals surface area contributed by atoms with E-state index >= 15 is 0 Å². The Balaban J connectivity index is 1.15. The maximum atomic E-state index is 12.6. The van der Waals surface area contributed by atoms with Crippen LogP contribution < -0.4 is 31.1 Å². The van der Waals surface area contributed by atoms with Crippen LogP contribution in [0.15, 0.2) is 46.2 Å². The molecule has 0 unspecified atom stereocenters. The molecule has 0 aliphatic carbocycles. The number of nitrogens with one attached hydrogen (secondary N) is 2. The van der Waals surface area contributed by atoms with E-state index in [-0.39, 0.29) is 40.3 Å². The van der Waals surface area contributed by atoms with Crippen molar-refractivity contribution in [2.75, 3.05) is 110 Å². The Kier molecular flexibility index (Phi) is 11.2. The first kappa shape index (κ1) is 38.0. The van der Waals surface area contributed by atoms with Gasteiger partial charge in [0.05, 0.1) is 44.5 Å². The topological polar surface area (TPSA) is 276 Å². The first-order valence-corrected chi connectivity index (χ1v) is 19.9. The summed E-state index contributed by atoms with van der Waals surface area (Å²) in [6.07, 6.45) is 2.51. The maximum Gasteiger partial charge on any atom is 0.295 e. The molecule has 0 atom stereocenters. The zero-order valence-electron chi connectivity index (χ0n) is 29.2. The zero-order valence-corrected chi connectivity index (χ0v) is 30.9. The van der Waals surface area contributed by atoms with Gasteiger partial charge in [-0.3, -0.25) is 4.55 Å². The van der Waals surface area contributed by atoms with E-state index in [9.17, 15) is 25.9 Å². The van der Waals surface area contributed by atoms with Crippen LogP contribution in [0.1, 0.15) is 11.1 Å². The third-order valence-electron chi connectivity index (χ3n) is 8.66. The maximum absolute atomic E-state index is 12.6. The highest BCUT2D eigenvalue weighted by atomic mass is 32.2. The van der Waals surface area contributed by atoms with E-state index in [0.29, 0.717) is 96.8 Å². The van der Waals surface area contributed by atoms with Crippen molar-refractivity contribution >= 4 is 79.5 Å². The van der Waals surface area contributed by atoms with Gasteiger partial charge in [-0.2, -0.15) is 38.3 Å². The van der Waals surface area contributed by atoms with Gasteiger partial charge in [0.25, 0.3) is 10.1 Å². The number of hydrogen-bond acceptors (Lipinski definition) is 20. The molecule has 3 aliphatic rings. The van der Waals surface area contributed by atoms with Crippen LogP contribution >= 0.6 is 0 Å². The van der Waals surface area contributed by atoms with E-state index in [2.05, 4.69) is 40.5 Å². The van der Waals surface area contributed by atoms with Crippen molar-refractivity contribution in [2.45, 2.75) is 9.79 Å². The Morgan fingerprint density at radius 1 is 0.618 bits per heavy atom. The standard InChI is InChI=1S/C32H38N12O9S2/c33-27-36-28(38-30(37-27)42-7-13-51-14-8-42)34-23-5-3-21(25(19-23)54(45,46)47)1-2-22-4-6-24(20-26(22)55(48,49)50)35-29-39-31(43-9-15-52-16-10-43)41-32(40-29)44-11-17-53-18-12-44/h1-6,19-20H,7-18H2,(H,45,46,47)(H,48,49,50)(H,35,39,40,41)(H3,33,34,36,37,38)/p-1/b2-1+. The summed E-state index contributed by atoms with van der Waals surface area (Å²) in [5, 5.41) is 5.88. The molecule has 7 rings (SSSR count). The van der Waals surface area contributed by atoms with Gasteiger partial charge in [0.15, 0.2) is 0 Å². The van der Waals surface area contributed by atoms with Crippen molar-refractivity contribution in [1.29, 1.82) is 0 Å². The van der Waals surface area contributed by atoms with Gasteiger partial charge in [0, 0.05) is 50.6 Å². The Hall–Kier alpha value is -5.30. The fraction of sp³-hybridized carbons (Fsp3) is 0.375. The fourth-order valence-corrected chi connectivity index (χ4v) is 7.34. The van der Waals surface area contributed by atoms with Crippen LogP contribution in [0.25, 0.3) is 12.2 Å². The molecule has 3 fully saturated rings. The van der Waals surface area contributed by atoms with Crippen LogP contribution in [-0.4, -0.2) is 135 Å². The van der Waals surface area contributed by atoms with Gasteiger partial charge in [-0.15, -0.1) is 0 Å². The van der Waals surface area contributed by atoms with Crippen molar-refractivity contribution in [1.82, 2.24) is 29.9 Å². The second-order valence-electron chi connectivity index (χ2n) is 12.4. The number of hydrogen-bond donors (Lipinski definition) is 4. The molecule has 3 aliphatic heterocycles. The molecular formula is C32H37N12O9S2-. The second kappa shape index (κ2) is 16.2. The Bertz CT molecular complexity index is 2250. The molecule has 0 radical (unpaired) electrons. The zero-order chi connectivity index (χ0) is 38.6.